The highest BCUT2D eigenvalue weighted by molar-refractivity contribution is 6.07. The second-order valence-electron chi connectivity index (χ2n) is 5.72. The van der Waals surface area contributed by atoms with Crippen LogP contribution in [0.4, 0.5) is 21.9 Å². The van der Waals surface area contributed by atoms with Crippen LogP contribution in [0.1, 0.15) is 5.56 Å². The van der Waals surface area contributed by atoms with Crippen LogP contribution in [0, 0.1) is 0 Å². The summed E-state index contributed by atoms with van der Waals surface area (Å²) in [5.74, 6) is -0.281. The molecule has 3 amide bonds. The second kappa shape index (κ2) is 9.01. The number of hydrogen-bond acceptors (Lipinski definition) is 2. The molecule has 0 heterocycles. The first-order chi connectivity index (χ1) is 13.2. The normalized spacial score (nSPS) is 10.4. The maximum Gasteiger partial charge on any atom is 0.323 e. The third-order valence-electron chi connectivity index (χ3n) is 3.69. The molecular weight excluding hydrogens is 338 g/mol. The summed E-state index contributed by atoms with van der Waals surface area (Å²) < 4.78 is 0. The van der Waals surface area contributed by atoms with Crippen molar-refractivity contribution in [2.45, 2.75) is 0 Å². The van der Waals surface area contributed by atoms with Crippen molar-refractivity contribution in [1.82, 2.24) is 0 Å². The zero-order chi connectivity index (χ0) is 18.9. The number of carbonyl (C=O) groups excluding carboxylic acids is 2. The number of anilines is 3. The van der Waals surface area contributed by atoms with Gasteiger partial charge in [0.05, 0.1) is 11.4 Å². The van der Waals surface area contributed by atoms with Gasteiger partial charge in [0.2, 0.25) is 5.91 Å². The molecule has 3 N–H and O–H groups in total. The summed E-state index contributed by atoms with van der Waals surface area (Å²) in [4.78, 5) is 24.4. The third kappa shape index (κ3) is 5.57. The van der Waals surface area contributed by atoms with Crippen molar-refractivity contribution in [1.29, 1.82) is 0 Å². The van der Waals surface area contributed by atoms with Crippen LogP contribution in [0.15, 0.2) is 91.0 Å². The minimum Gasteiger partial charge on any atom is -0.321 e. The molecule has 0 saturated heterocycles. The van der Waals surface area contributed by atoms with Crippen molar-refractivity contribution in [2.75, 3.05) is 16.0 Å². The van der Waals surface area contributed by atoms with Crippen molar-refractivity contribution >= 4 is 35.1 Å². The topological polar surface area (TPSA) is 70.2 Å². The fraction of sp³-hybridized carbons (Fsp3) is 0. The molecule has 0 radical (unpaired) electrons. The molecule has 0 aliphatic carbocycles. The summed E-state index contributed by atoms with van der Waals surface area (Å²) in [5, 5.41) is 8.27. The zero-order valence-electron chi connectivity index (χ0n) is 14.6. The molecule has 5 nitrogen and oxygen atoms in total. The molecule has 0 unspecified atom stereocenters. The highest BCUT2D eigenvalue weighted by Gasteiger charge is 2.08. The second-order valence-corrected chi connectivity index (χ2v) is 5.72. The third-order valence-corrected chi connectivity index (χ3v) is 3.69. The Bertz CT molecular complexity index is 938. The Morgan fingerprint density at radius 3 is 1.85 bits per heavy atom. The van der Waals surface area contributed by atoms with Crippen LogP contribution >= 0.6 is 0 Å². The van der Waals surface area contributed by atoms with Gasteiger partial charge in [-0.05, 0) is 35.9 Å². The maximum absolute atomic E-state index is 12.2. The molecule has 0 aromatic heterocycles. The summed E-state index contributed by atoms with van der Waals surface area (Å²) >= 11 is 0. The minimum absolute atomic E-state index is 0.281. The number of para-hydroxylation sites is 3. The highest BCUT2D eigenvalue weighted by Crippen LogP contribution is 2.21. The van der Waals surface area contributed by atoms with Crippen LogP contribution in [-0.2, 0) is 4.79 Å². The van der Waals surface area contributed by atoms with E-state index in [9.17, 15) is 9.59 Å². The van der Waals surface area contributed by atoms with Gasteiger partial charge in [-0.15, -0.1) is 0 Å². The molecule has 3 aromatic carbocycles. The lowest BCUT2D eigenvalue weighted by Gasteiger charge is -2.12. The van der Waals surface area contributed by atoms with Gasteiger partial charge in [-0.25, -0.2) is 4.79 Å². The molecule has 134 valence electrons. The monoisotopic (exact) mass is 357 g/mol. The smallest absolute Gasteiger partial charge is 0.321 e. The summed E-state index contributed by atoms with van der Waals surface area (Å²) in [6.45, 7) is 0. The van der Waals surface area contributed by atoms with Crippen LogP contribution < -0.4 is 16.0 Å². The first-order valence-electron chi connectivity index (χ1n) is 8.47. The molecule has 0 aliphatic rings. The summed E-state index contributed by atoms with van der Waals surface area (Å²) in [5.41, 5.74) is 2.64. The van der Waals surface area contributed by atoms with E-state index in [2.05, 4.69) is 16.0 Å². The van der Waals surface area contributed by atoms with Crippen molar-refractivity contribution in [3.63, 3.8) is 0 Å². The average Bonchev–Trinajstić information content (AvgIpc) is 2.69. The summed E-state index contributed by atoms with van der Waals surface area (Å²) in [6.07, 6.45) is 3.18. The van der Waals surface area contributed by atoms with Crippen LogP contribution in [0.3, 0.4) is 0 Å². The molecule has 0 bridgehead atoms. The number of hydrogen-bond donors (Lipinski definition) is 3. The number of rotatable bonds is 5. The molecule has 3 rings (SSSR count). The molecular formula is C22H19N3O2. The number of benzene rings is 3. The maximum atomic E-state index is 12.2. The first kappa shape index (κ1) is 17.9. The van der Waals surface area contributed by atoms with Crippen molar-refractivity contribution in [3.8, 4) is 0 Å². The lowest BCUT2D eigenvalue weighted by Crippen LogP contribution is -2.20. The van der Waals surface area contributed by atoms with Gasteiger partial charge >= 0.3 is 6.03 Å². The predicted octanol–water partition coefficient (Wildman–Crippen LogP) is 4.98. The predicted molar refractivity (Wildman–Crippen MR) is 110 cm³/mol. The van der Waals surface area contributed by atoms with Crippen molar-refractivity contribution in [2.24, 2.45) is 0 Å². The van der Waals surface area contributed by atoms with Gasteiger partial charge in [-0.2, -0.15) is 0 Å². The SMILES string of the molecule is O=C(/C=C/c1ccccc1)Nc1ccccc1NC(=O)Nc1ccccc1. The minimum atomic E-state index is -0.386. The summed E-state index contributed by atoms with van der Waals surface area (Å²) in [7, 11) is 0. The van der Waals surface area contributed by atoms with Crippen LogP contribution in [0.25, 0.3) is 6.08 Å². The van der Waals surface area contributed by atoms with Gasteiger partial charge in [-0.1, -0.05) is 60.7 Å². The van der Waals surface area contributed by atoms with E-state index >= 15 is 0 Å². The molecule has 0 saturated carbocycles. The Morgan fingerprint density at radius 1 is 0.630 bits per heavy atom. The Morgan fingerprint density at radius 2 is 1.19 bits per heavy atom. The van der Waals surface area contributed by atoms with Crippen molar-refractivity contribution < 1.29 is 9.59 Å². The molecule has 0 fully saturated rings. The molecule has 0 spiro atoms. The molecule has 0 aliphatic heterocycles. The van der Waals surface area contributed by atoms with Crippen LogP contribution in [-0.4, -0.2) is 11.9 Å². The Labute approximate surface area is 157 Å². The Kier molecular flexibility index (Phi) is 5.99. The van der Waals surface area contributed by atoms with Gasteiger partial charge in [-0.3, -0.25) is 4.79 Å². The van der Waals surface area contributed by atoms with E-state index in [1.807, 2.05) is 48.5 Å². The van der Waals surface area contributed by atoms with E-state index in [4.69, 9.17) is 0 Å². The Hall–Kier alpha value is -3.86. The van der Waals surface area contributed by atoms with E-state index < -0.39 is 0 Å². The molecule has 5 heteroatoms. The number of amides is 3. The van der Waals surface area contributed by atoms with Gasteiger partial charge in [0.25, 0.3) is 0 Å². The van der Waals surface area contributed by atoms with E-state index in [1.54, 1.807) is 42.5 Å². The lowest BCUT2D eigenvalue weighted by molar-refractivity contribution is -0.111. The fourth-order valence-electron chi connectivity index (χ4n) is 2.42. The first-order valence-corrected chi connectivity index (χ1v) is 8.47. The van der Waals surface area contributed by atoms with Gasteiger partial charge in [0.1, 0.15) is 0 Å². The average molecular weight is 357 g/mol. The van der Waals surface area contributed by atoms with E-state index in [0.29, 0.717) is 17.1 Å². The largest absolute Gasteiger partial charge is 0.323 e. The molecule has 27 heavy (non-hydrogen) atoms. The Balaban J connectivity index is 1.64. The number of urea groups is 1. The molecule has 0 atom stereocenters. The summed E-state index contributed by atoms with van der Waals surface area (Å²) in [6, 6.07) is 25.3. The number of carbonyl (C=O) groups is 2. The van der Waals surface area contributed by atoms with E-state index in [0.717, 1.165) is 5.56 Å². The van der Waals surface area contributed by atoms with Gasteiger partial charge in [0, 0.05) is 11.8 Å². The number of nitrogens with one attached hydrogen (secondary N) is 3. The fourth-order valence-corrected chi connectivity index (χ4v) is 2.42. The van der Waals surface area contributed by atoms with Crippen LogP contribution in [0.5, 0.6) is 0 Å². The lowest BCUT2D eigenvalue weighted by atomic mass is 10.2. The van der Waals surface area contributed by atoms with Gasteiger partial charge < -0.3 is 16.0 Å². The quantitative estimate of drug-likeness (QED) is 0.564. The van der Waals surface area contributed by atoms with E-state index in [-0.39, 0.29) is 11.9 Å². The molecule has 3 aromatic rings. The van der Waals surface area contributed by atoms with E-state index in [1.165, 1.54) is 6.08 Å². The van der Waals surface area contributed by atoms with Crippen molar-refractivity contribution in [3.05, 3.63) is 96.6 Å². The van der Waals surface area contributed by atoms with Gasteiger partial charge in [0.15, 0.2) is 0 Å². The van der Waals surface area contributed by atoms with Crippen LogP contribution in [0.2, 0.25) is 0 Å². The standard InChI is InChI=1S/C22H19N3O2/c26-21(16-15-17-9-3-1-4-10-17)24-19-13-7-8-14-20(19)25-22(27)23-18-11-5-2-6-12-18/h1-16H,(H,24,26)(H2,23,25,27)/b16-15+. The zero-order valence-corrected chi connectivity index (χ0v) is 14.6. The highest BCUT2D eigenvalue weighted by atomic mass is 16.2.